The Morgan fingerprint density at radius 1 is 1.67 bits per heavy atom. The number of carbonyl (C=O) groups is 1. The highest BCUT2D eigenvalue weighted by Gasteiger charge is 2.30. The van der Waals surface area contributed by atoms with E-state index in [0.717, 1.165) is 0 Å². The van der Waals surface area contributed by atoms with E-state index < -0.39 is 31.1 Å². The second-order valence-corrected chi connectivity index (χ2v) is 2.57. The molecule has 0 aliphatic heterocycles. The molecule has 0 bridgehead atoms. The molecule has 0 aromatic carbocycles. The molecule has 0 aliphatic carbocycles. The number of aliphatic hydroxyl groups excluding tert-OH is 1. The van der Waals surface area contributed by atoms with Crippen LogP contribution in [0.4, 0.5) is 13.6 Å². The van der Waals surface area contributed by atoms with Gasteiger partial charge in [0, 0.05) is 12.5 Å². The summed E-state index contributed by atoms with van der Waals surface area (Å²) in [4.78, 5) is 9.97. The van der Waals surface area contributed by atoms with Gasteiger partial charge in [0.2, 0.25) is 0 Å². The predicted molar refractivity (Wildman–Crippen MR) is 37.3 cm³/mol. The summed E-state index contributed by atoms with van der Waals surface area (Å²) in [6.07, 6.45) is -2.05. The van der Waals surface area contributed by atoms with Gasteiger partial charge in [-0.1, -0.05) is 0 Å². The molecule has 0 spiro atoms. The first-order chi connectivity index (χ1) is 5.37. The standard InChI is InChI=1S/C6H11F2NO3/c1-4(9-5(11)12)2-6(7,8)3-10/h4,9-10H,2-3H2,1H3,(H,11,12). The third-order valence-corrected chi connectivity index (χ3v) is 1.21. The molecular formula is C6H11F2NO3. The van der Waals surface area contributed by atoms with Gasteiger partial charge in [-0.3, -0.25) is 0 Å². The van der Waals surface area contributed by atoms with Crippen LogP contribution in [0.2, 0.25) is 0 Å². The molecule has 0 aromatic rings. The Hall–Kier alpha value is -0.910. The number of alkyl halides is 2. The third kappa shape index (κ3) is 4.84. The molecule has 1 unspecified atom stereocenters. The number of amides is 1. The number of aliphatic hydroxyl groups is 1. The highest BCUT2D eigenvalue weighted by Crippen LogP contribution is 2.18. The van der Waals surface area contributed by atoms with E-state index in [4.69, 9.17) is 10.2 Å². The molecule has 4 nitrogen and oxygen atoms in total. The lowest BCUT2D eigenvalue weighted by atomic mass is 10.1. The summed E-state index contributed by atoms with van der Waals surface area (Å²) in [6.45, 7) is 0.0380. The first kappa shape index (κ1) is 11.1. The fraction of sp³-hybridized carbons (Fsp3) is 0.833. The zero-order valence-corrected chi connectivity index (χ0v) is 6.55. The molecule has 0 aromatic heterocycles. The third-order valence-electron chi connectivity index (χ3n) is 1.21. The van der Waals surface area contributed by atoms with Gasteiger partial charge in [0.15, 0.2) is 0 Å². The van der Waals surface area contributed by atoms with Crippen molar-refractivity contribution in [3.05, 3.63) is 0 Å². The number of carboxylic acid groups (broad SMARTS) is 1. The van der Waals surface area contributed by atoms with Crippen molar-refractivity contribution in [1.29, 1.82) is 0 Å². The Balaban J connectivity index is 3.83. The highest BCUT2D eigenvalue weighted by atomic mass is 19.3. The normalized spacial score (nSPS) is 14.0. The Morgan fingerprint density at radius 3 is 2.50 bits per heavy atom. The van der Waals surface area contributed by atoms with Crippen LogP contribution < -0.4 is 5.32 Å². The molecule has 0 aliphatic rings. The molecule has 1 amide bonds. The minimum absolute atomic E-state index is 0.699. The monoisotopic (exact) mass is 183 g/mol. The van der Waals surface area contributed by atoms with E-state index in [1.54, 1.807) is 0 Å². The summed E-state index contributed by atoms with van der Waals surface area (Å²) < 4.78 is 24.7. The van der Waals surface area contributed by atoms with E-state index in [1.807, 2.05) is 5.32 Å². The van der Waals surface area contributed by atoms with Crippen LogP contribution in [0.5, 0.6) is 0 Å². The van der Waals surface area contributed by atoms with Crippen LogP contribution in [0.15, 0.2) is 0 Å². The minimum Gasteiger partial charge on any atom is -0.465 e. The summed E-state index contributed by atoms with van der Waals surface area (Å²) in [7, 11) is 0. The van der Waals surface area contributed by atoms with Crippen molar-refractivity contribution in [1.82, 2.24) is 5.32 Å². The van der Waals surface area contributed by atoms with E-state index in [0.29, 0.717) is 0 Å². The lowest BCUT2D eigenvalue weighted by molar-refractivity contribution is -0.0613. The average Bonchev–Trinajstić information content (AvgIpc) is 1.84. The van der Waals surface area contributed by atoms with Crippen molar-refractivity contribution in [3.63, 3.8) is 0 Å². The van der Waals surface area contributed by atoms with Crippen molar-refractivity contribution in [2.75, 3.05) is 6.61 Å². The molecule has 3 N–H and O–H groups in total. The summed E-state index contributed by atoms with van der Waals surface area (Å²) in [5.41, 5.74) is 0. The van der Waals surface area contributed by atoms with Gasteiger partial charge in [-0.05, 0) is 6.92 Å². The average molecular weight is 183 g/mol. The number of halogens is 2. The molecule has 0 heterocycles. The summed E-state index contributed by atoms with van der Waals surface area (Å²) >= 11 is 0. The first-order valence-electron chi connectivity index (χ1n) is 3.35. The zero-order valence-electron chi connectivity index (χ0n) is 6.55. The van der Waals surface area contributed by atoms with Crippen LogP contribution in [-0.2, 0) is 0 Å². The smallest absolute Gasteiger partial charge is 0.404 e. The van der Waals surface area contributed by atoms with Crippen LogP contribution in [-0.4, -0.2) is 34.9 Å². The van der Waals surface area contributed by atoms with Gasteiger partial charge in [-0.2, -0.15) is 0 Å². The molecule has 6 heteroatoms. The molecule has 0 radical (unpaired) electrons. The van der Waals surface area contributed by atoms with Crippen molar-refractivity contribution >= 4 is 6.09 Å². The van der Waals surface area contributed by atoms with Gasteiger partial charge >= 0.3 is 6.09 Å². The summed E-state index contributed by atoms with van der Waals surface area (Å²) in [6, 6.07) is -0.871. The molecule has 0 rings (SSSR count). The van der Waals surface area contributed by atoms with Gasteiger partial charge in [-0.15, -0.1) is 0 Å². The van der Waals surface area contributed by atoms with Gasteiger partial charge in [0.25, 0.3) is 5.92 Å². The first-order valence-corrected chi connectivity index (χ1v) is 3.35. The fourth-order valence-corrected chi connectivity index (χ4v) is 0.774. The van der Waals surface area contributed by atoms with E-state index in [2.05, 4.69) is 0 Å². The predicted octanol–water partition coefficient (Wildman–Crippen LogP) is 0.660. The molecule has 0 saturated carbocycles. The molecule has 12 heavy (non-hydrogen) atoms. The van der Waals surface area contributed by atoms with Gasteiger partial charge < -0.3 is 15.5 Å². The van der Waals surface area contributed by atoms with Crippen molar-refractivity contribution in [3.8, 4) is 0 Å². The number of hydrogen-bond donors (Lipinski definition) is 3. The van der Waals surface area contributed by atoms with Crippen LogP contribution in [0.25, 0.3) is 0 Å². The van der Waals surface area contributed by atoms with Crippen LogP contribution in [0, 0.1) is 0 Å². The van der Waals surface area contributed by atoms with E-state index >= 15 is 0 Å². The van der Waals surface area contributed by atoms with Crippen molar-refractivity contribution in [2.24, 2.45) is 0 Å². The Kier molecular flexibility index (Phi) is 3.88. The maximum atomic E-state index is 12.4. The second-order valence-electron chi connectivity index (χ2n) is 2.57. The van der Waals surface area contributed by atoms with Crippen LogP contribution in [0.3, 0.4) is 0 Å². The Morgan fingerprint density at radius 2 is 2.17 bits per heavy atom. The van der Waals surface area contributed by atoms with E-state index in [9.17, 15) is 13.6 Å². The molecular weight excluding hydrogens is 172 g/mol. The SMILES string of the molecule is CC(CC(F)(F)CO)NC(=O)O. The zero-order chi connectivity index (χ0) is 9.78. The lowest BCUT2D eigenvalue weighted by Crippen LogP contribution is -2.37. The second kappa shape index (κ2) is 4.20. The molecule has 0 fully saturated rings. The van der Waals surface area contributed by atoms with E-state index in [1.165, 1.54) is 6.92 Å². The maximum absolute atomic E-state index is 12.4. The highest BCUT2D eigenvalue weighted by molar-refractivity contribution is 5.64. The van der Waals surface area contributed by atoms with Gasteiger partial charge in [-0.25, -0.2) is 13.6 Å². The maximum Gasteiger partial charge on any atom is 0.404 e. The van der Waals surface area contributed by atoms with Crippen LogP contribution >= 0.6 is 0 Å². The summed E-state index contributed by atoms with van der Waals surface area (Å²) in [5, 5.41) is 18.1. The number of hydrogen-bond acceptors (Lipinski definition) is 2. The quantitative estimate of drug-likeness (QED) is 0.599. The van der Waals surface area contributed by atoms with Gasteiger partial charge in [0.1, 0.15) is 6.61 Å². The lowest BCUT2D eigenvalue weighted by Gasteiger charge is -2.17. The fourth-order valence-electron chi connectivity index (χ4n) is 0.774. The molecule has 0 saturated heterocycles. The summed E-state index contributed by atoms with van der Waals surface area (Å²) in [5.74, 6) is -3.22. The topological polar surface area (TPSA) is 69.6 Å². The Labute approximate surface area is 68.2 Å². The Bertz CT molecular complexity index is 163. The van der Waals surface area contributed by atoms with Crippen molar-refractivity contribution in [2.45, 2.75) is 25.3 Å². The number of nitrogens with one attached hydrogen (secondary N) is 1. The van der Waals surface area contributed by atoms with Gasteiger partial charge in [0.05, 0.1) is 0 Å². The molecule has 72 valence electrons. The molecule has 1 atom stereocenters. The van der Waals surface area contributed by atoms with E-state index in [-0.39, 0.29) is 0 Å². The minimum atomic E-state index is -3.22. The van der Waals surface area contributed by atoms with Crippen LogP contribution in [0.1, 0.15) is 13.3 Å². The largest absolute Gasteiger partial charge is 0.465 e. The van der Waals surface area contributed by atoms with Crippen molar-refractivity contribution < 1.29 is 23.8 Å². The number of rotatable bonds is 4.